The number of halogens is 1. The molecule has 0 unspecified atom stereocenters. The second-order valence-corrected chi connectivity index (χ2v) is 6.54. The minimum Gasteiger partial charge on any atom is -0.314 e. The molecule has 0 radical (unpaired) electrons. The van der Waals surface area contributed by atoms with Crippen molar-refractivity contribution < 1.29 is 0 Å². The van der Waals surface area contributed by atoms with Crippen LogP contribution >= 0.6 is 15.9 Å². The third kappa shape index (κ3) is 2.18. The van der Waals surface area contributed by atoms with Crippen LogP contribution in [0.2, 0.25) is 0 Å². The molecule has 2 aliphatic heterocycles. The maximum atomic E-state index is 4.36. The Balaban J connectivity index is 1.39. The number of aromatic nitrogens is 5. The fourth-order valence-corrected chi connectivity index (χ4v) is 3.34. The SMILES string of the molecule is Brc1cnn(C2CN(Cc3nnc4n3CCCC4)C2)c1. The van der Waals surface area contributed by atoms with Crippen LogP contribution in [0.25, 0.3) is 0 Å². The third-order valence-corrected chi connectivity index (χ3v) is 4.59. The van der Waals surface area contributed by atoms with Crippen LogP contribution in [0.1, 0.15) is 30.5 Å². The standard InChI is InChI=1S/C13H17BrN6/c14-10-5-15-20(6-10)11-7-18(8-11)9-13-17-16-12-3-1-2-4-19(12)13/h5-6,11H,1-4,7-9H2. The molecule has 0 atom stereocenters. The molecule has 4 heterocycles. The molecule has 0 N–H and O–H groups in total. The summed E-state index contributed by atoms with van der Waals surface area (Å²) in [5, 5.41) is 13.0. The largest absolute Gasteiger partial charge is 0.314 e. The first-order valence-electron chi connectivity index (χ1n) is 7.12. The molecule has 0 bridgehead atoms. The molecular formula is C13H17BrN6. The van der Waals surface area contributed by atoms with Gasteiger partial charge in [0.25, 0.3) is 0 Å². The quantitative estimate of drug-likeness (QED) is 0.854. The third-order valence-electron chi connectivity index (χ3n) is 4.18. The van der Waals surface area contributed by atoms with E-state index in [2.05, 4.69) is 40.7 Å². The molecule has 20 heavy (non-hydrogen) atoms. The van der Waals surface area contributed by atoms with Crippen molar-refractivity contribution in [1.29, 1.82) is 0 Å². The Kier molecular flexibility index (Phi) is 3.11. The number of rotatable bonds is 3. The van der Waals surface area contributed by atoms with Crippen LogP contribution in [0.4, 0.5) is 0 Å². The highest BCUT2D eigenvalue weighted by Gasteiger charge is 2.30. The van der Waals surface area contributed by atoms with E-state index < -0.39 is 0 Å². The lowest BCUT2D eigenvalue weighted by atomic mass is 10.1. The van der Waals surface area contributed by atoms with Crippen molar-refractivity contribution >= 4 is 15.9 Å². The zero-order valence-electron chi connectivity index (χ0n) is 11.2. The molecule has 4 rings (SSSR count). The lowest BCUT2D eigenvalue weighted by molar-refractivity contribution is 0.0864. The van der Waals surface area contributed by atoms with E-state index in [1.165, 1.54) is 18.7 Å². The van der Waals surface area contributed by atoms with Gasteiger partial charge < -0.3 is 4.57 Å². The smallest absolute Gasteiger partial charge is 0.147 e. The molecule has 0 aromatic carbocycles. The van der Waals surface area contributed by atoms with Crippen LogP contribution in [0, 0.1) is 0 Å². The normalized spacial score (nSPS) is 19.9. The van der Waals surface area contributed by atoms with Gasteiger partial charge in [0.2, 0.25) is 0 Å². The molecule has 0 saturated carbocycles. The molecular weight excluding hydrogens is 320 g/mol. The fraction of sp³-hybridized carbons (Fsp3) is 0.615. The number of nitrogens with zero attached hydrogens (tertiary/aromatic N) is 6. The Morgan fingerprint density at radius 3 is 2.95 bits per heavy atom. The minimum atomic E-state index is 0.491. The molecule has 1 saturated heterocycles. The molecule has 0 spiro atoms. The Morgan fingerprint density at radius 1 is 1.25 bits per heavy atom. The van der Waals surface area contributed by atoms with Gasteiger partial charge in [0.15, 0.2) is 0 Å². The maximum Gasteiger partial charge on any atom is 0.147 e. The van der Waals surface area contributed by atoms with Gasteiger partial charge in [-0.3, -0.25) is 9.58 Å². The Bertz CT molecular complexity index is 612. The van der Waals surface area contributed by atoms with E-state index in [9.17, 15) is 0 Å². The first-order valence-corrected chi connectivity index (χ1v) is 7.92. The van der Waals surface area contributed by atoms with E-state index in [1.807, 2.05) is 17.1 Å². The highest BCUT2D eigenvalue weighted by molar-refractivity contribution is 9.10. The maximum absolute atomic E-state index is 4.36. The summed E-state index contributed by atoms with van der Waals surface area (Å²) in [6, 6.07) is 0.491. The Morgan fingerprint density at radius 2 is 2.15 bits per heavy atom. The van der Waals surface area contributed by atoms with Gasteiger partial charge in [-0.15, -0.1) is 10.2 Å². The Hall–Kier alpha value is -1.21. The zero-order chi connectivity index (χ0) is 13.5. The van der Waals surface area contributed by atoms with Crippen molar-refractivity contribution in [2.75, 3.05) is 13.1 Å². The van der Waals surface area contributed by atoms with Crippen molar-refractivity contribution in [2.45, 2.75) is 38.4 Å². The van der Waals surface area contributed by atoms with Crippen LogP contribution in [0.15, 0.2) is 16.9 Å². The number of fused-ring (bicyclic) bond motifs is 1. The summed E-state index contributed by atoms with van der Waals surface area (Å²) in [6.45, 7) is 4.07. The van der Waals surface area contributed by atoms with Gasteiger partial charge in [-0.2, -0.15) is 5.10 Å². The van der Waals surface area contributed by atoms with Gasteiger partial charge in [-0.25, -0.2) is 0 Å². The topological polar surface area (TPSA) is 51.8 Å². The van der Waals surface area contributed by atoms with Crippen LogP contribution in [0.3, 0.4) is 0 Å². The van der Waals surface area contributed by atoms with Gasteiger partial charge in [0.1, 0.15) is 11.6 Å². The van der Waals surface area contributed by atoms with Crippen molar-refractivity contribution in [3.8, 4) is 0 Å². The summed E-state index contributed by atoms with van der Waals surface area (Å²) in [5.41, 5.74) is 0. The van der Waals surface area contributed by atoms with Crippen molar-refractivity contribution in [2.24, 2.45) is 0 Å². The predicted octanol–water partition coefficient (Wildman–Crippen LogP) is 1.63. The average molecular weight is 337 g/mol. The molecule has 7 heteroatoms. The summed E-state index contributed by atoms with van der Waals surface area (Å²) < 4.78 is 5.39. The first-order chi connectivity index (χ1) is 9.79. The van der Waals surface area contributed by atoms with E-state index >= 15 is 0 Å². The van der Waals surface area contributed by atoms with E-state index in [-0.39, 0.29) is 0 Å². The van der Waals surface area contributed by atoms with Gasteiger partial charge in [-0.05, 0) is 28.8 Å². The molecule has 0 amide bonds. The van der Waals surface area contributed by atoms with Crippen LogP contribution in [-0.2, 0) is 19.5 Å². The molecule has 1 fully saturated rings. The van der Waals surface area contributed by atoms with Crippen molar-refractivity contribution in [3.05, 3.63) is 28.5 Å². The molecule has 2 aromatic rings. The molecule has 2 aliphatic rings. The van der Waals surface area contributed by atoms with Gasteiger partial charge in [0, 0.05) is 32.3 Å². The van der Waals surface area contributed by atoms with Gasteiger partial charge in [-0.1, -0.05) is 0 Å². The monoisotopic (exact) mass is 336 g/mol. The van der Waals surface area contributed by atoms with E-state index in [0.717, 1.165) is 42.9 Å². The summed E-state index contributed by atoms with van der Waals surface area (Å²) >= 11 is 3.44. The van der Waals surface area contributed by atoms with Crippen molar-refractivity contribution in [3.63, 3.8) is 0 Å². The van der Waals surface area contributed by atoms with E-state index in [1.54, 1.807) is 0 Å². The summed E-state index contributed by atoms with van der Waals surface area (Å²) in [5.74, 6) is 2.29. The average Bonchev–Trinajstić information content (AvgIpc) is 3.00. The van der Waals surface area contributed by atoms with E-state index in [4.69, 9.17) is 0 Å². The summed E-state index contributed by atoms with van der Waals surface area (Å²) in [7, 11) is 0. The first kappa shape index (κ1) is 12.5. The molecule has 106 valence electrons. The van der Waals surface area contributed by atoms with Crippen LogP contribution in [0.5, 0.6) is 0 Å². The predicted molar refractivity (Wildman–Crippen MR) is 77.2 cm³/mol. The van der Waals surface area contributed by atoms with Gasteiger partial charge in [0.05, 0.1) is 23.3 Å². The highest BCUT2D eigenvalue weighted by Crippen LogP contribution is 2.24. The lowest BCUT2D eigenvalue weighted by Gasteiger charge is -2.38. The van der Waals surface area contributed by atoms with E-state index in [0.29, 0.717) is 6.04 Å². The summed E-state index contributed by atoms with van der Waals surface area (Å²) in [6.07, 6.45) is 7.47. The van der Waals surface area contributed by atoms with Crippen molar-refractivity contribution in [1.82, 2.24) is 29.4 Å². The number of aryl methyl sites for hydroxylation is 1. The van der Waals surface area contributed by atoms with Crippen LogP contribution < -0.4 is 0 Å². The number of hydrogen-bond donors (Lipinski definition) is 0. The molecule has 2 aromatic heterocycles. The lowest BCUT2D eigenvalue weighted by Crippen LogP contribution is -2.47. The number of likely N-dealkylation sites (tertiary alicyclic amines) is 1. The molecule has 6 nitrogen and oxygen atoms in total. The fourth-order valence-electron chi connectivity index (χ4n) is 3.04. The van der Waals surface area contributed by atoms with Gasteiger partial charge >= 0.3 is 0 Å². The highest BCUT2D eigenvalue weighted by atomic mass is 79.9. The molecule has 0 aliphatic carbocycles. The Labute approximate surface area is 125 Å². The second-order valence-electron chi connectivity index (χ2n) is 5.63. The zero-order valence-corrected chi connectivity index (χ0v) is 12.8. The number of hydrogen-bond acceptors (Lipinski definition) is 4. The minimum absolute atomic E-state index is 0.491. The second kappa shape index (κ2) is 4.96. The van der Waals surface area contributed by atoms with Crippen LogP contribution in [-0.4, -0.2) is 42.5 Å². The summed E-state index contributed by atoms with van der Waals surface area (Å²) in [4.78, 5) is 2.41.